The zero-order chi connectivity index (χ0) is 16.8. The maximum Gasteiger partial charge on any atom is 0.163 e. The monoisotopic (exact) mass is 322 g/mol. The van der Waals surface area contributed by atoms with Crippen molar-refractivity contribution in [3.8, 4) is 0 Å². The average Bonchev–Trinajstić information content (AvgIpc) is 2.63. The van der Waals surface area contributed by atoms with Gasteiger partial charge >= 0.3 is 0 Å². The molecule has 3 atom stereocenters. The fourth-order valence-electron chi connectivity index (χ4n) is 3.93. The van der Waals surface area contributed by atoms with Crippen molar-refractivity contribution < 1.29 is 9.90 Å². The van der Waals surface area contributed by atoms with Gasteiger partial charge in [-0.2, -0.15) is 0 Å². The van der Waals surface area contributed by atoms with E-state index in [-0.39, 0.29) is 11.9 Å². The van der Waals surface area contributed by atoms with Crippen LogP contribution in [0.15, 0.2) is 60.7 Å². The van der Waals surface area contributed by atoms with Crippen molar-refractivity contribution in [2.75, 3.05) is 0 Å². The molecule has 0 saturated heterocycles. The molecular weight excluding hydrogens is 296 g/mol. The molecular formula is C22H26O2. The highest BCUT2D eigenvalue weighted by Gasteiger charge is 2.26. The Balaban J connectivity index is 1.54. The van der Waals surface area contributed by atoms with Gasteiger partial charge in [-0.3, -0.25) is 4.79 Å². The van der Waals surface area contributed by atoms with E-state index in [2.05, 4.69) is 0 Å². The number of ketones is 1. The second kappa shape index (κ2) is 8.25. The van der Waals surface area contributed by atoms with Crippen LogP contribution in [0.4, 0.5) is 0 Å². The molecule has 0 unspecified atom stereocenters. The summed E-state index contributed by atoms with van der Waals surface area (Å²) in [4.78, 5) is 12.4. The predicted octanol–water partition coefficient (Wildman–Crippen LogP) is 5.19. The van der Waals surface area contributed by atoms with Crippen molar-refractivity contribution in [1.29, 1.82) is 0 Å². The van der Waals surface area contributed by atoms with Crippen LogP contribution >= 0.6 is 0 Å². The number of benzene rings is 2. The zero-order valence-corrected chi connectivity index (χ0v) is 14.1. The van der Waals surface area contributed by atoms with Gasteiger partial charge in [0, 0.05) is 12.0 Å². The lowest BCUT2D eigenvalue weighted by molar-refractivity contribution is 0.0910. The van der Waals surface area contributed by atoms with Gasteiger partial charge in [0.15, 0.2) is 5.78 Å². The summed E-state index contributed by atoms with van der Waals surface area (Å²) in [6, 6.07) is 19.5. The average molecular weight is 322 g/mol. The van der Waals surface area contributed by atoms with E-state index in [1.807, 2.05) is 60.7 Å². The summed E-state index contributed by atoms with van der Waals surface area (Å²) in [7, 11) is 0. The first-order chi connectivity index (χ1) is 11.7. The summed E-state index contributed by atoms with van der Waals surface area (Å²) < 4.78 is 0. The van der Waals surface area contributed by atoms with Crippen molar-refractivity contribution in [2.24, 2.45) is 11.8 Å². The number of carbonyl (C=O) groups is 1. The van der Waals surface area contributed by atoms with E-state index >= 15 is 0 Å². The molecule has 0 heterocycles. The normalized spacial score (nSPS) is 22.0. The molecule has 3 rings (SSSR count). The van der Waals surface area contributed by atoms with Gasteiger partial charge in [-0.05, 0) is 36.7 Å². The summed E-state index contributed by atoms with van der Waals surface area (Å²) in [6.45, 7) is 0. The first-order valence-electron chi connectivity index (χ1n) is 9.03. The van der Waals surface area contributed by atoms with Crippen LogP contribution in [-0.4, -0.2) is 10.9 Å². The van der Waals surface area contributed by atoms with Gasteiger partial charge < -0.3 is 5.11 Å². The van der Waals surface area contributed by atoms with Gasteiger partial charge in [0.2, 0.25) is 0 Å². The van der Waals surface area contributed by atoms with E-state index in [1.165, 1.54) is 12.8 Å². The molecule has 0 aliphatic heterocycles. The highest BCUT2D eigenvalue weighted by molar-refractivity contribution is 5.96. The highest BCUT2D eigenvalue weighted by Crippen LogP contribution is 2.36. The Morgan fingerprint density at radius 3 is 2.29 bits per heavy atom. The van der Waals surface area contributed by atoms with Crippen LogP contribution in [0.3, 0.4) is 0 Å². The lowest BCUT2D eigenvalue weighted by Crippen LogP contribution is -2.20. The predicted molar refractivity (Wildman–Crippen MR) is 96.9 cm³/mol. The van der Waals surface area contributed by atoms with E-state index in [0.717, 1.165) is 30.4 Å². The molecule has 24 heavy (non-hydrogen) atoms. The van der Waals surface area contributed by atoms with Gasteiger partial charge in [0.05, 0.1) is 6.10 Å². The molecule has 0 aromatic heterocycles. The van der Waals surface area contributed by atoms with Crippen LogP contribution in [-0.2, 0) is 0 Å². The molecule has 0 bridgehead atoms. The molecule has 0 radical (unpaired) electrons. The SMILES string of the molecule is O=C(C[C@H]1CCC[C@@H](C[C@H](O)c2ccccc2)C1)c1ccccc1. The second-order valence-electron chi connectivity index (χ2n) is 7.05. The van der Waals surface area contributed by atoms with Crippen LogP contribution in [0.1, 0.15) is 60.6 Å². The molecule has 1 saturated carbocycles. The number of aliphatic hydroxyl groups excluding tert-OH is 1. The molecule has 1 N–H and O–H groups in total. The van der Waals surface area contributed by atoms with E-state index in [4.69, 9.17) is 0 Å². The molecule has 2 heteroatoms. The van der Waals surface area contributed by atoms with E-state index < -0.39 is 0 Å². The Morgan fingerprint density at radius 2 is 1.58 bits per heavy atom. The Labute approximate surface area is 144 Å². The van der Waals surface area contributed by atoms with E-state index in [0.29, 0.717) is 18.3 Å². The Kier molecular flexibility index (Phi) is 5.81. The third-order valence-electron chi connectivity index (χ3n) is 5.20. The van der Waals surface area contributed by atoms with Gasteiger partial charge in [0.1, 0.15) is 0 Å². The smallest absolute Gasteiger partial charge is 0.163 e. The Morgan fingerprint density at radius 1 is 0.958 bits per heavy atom. The maximum absolute atomic E-state index is 12.4. The van der Waals surface area contributed by atoms with Gasteiger partial charge in [-0.1, -0.05) is 73.5 Å². The maximum atomic E-state index is 12.4. The van der Waals surface area contributed by atoms with Crippen molar-refractivity contribution in [3.63, 3.8) is 0 Å². The third-order valence-corrected chi connectivity index (χ3v) is 5.20. The Hall–Kier alpha value is -1.93. The van der Waals surface area contributed by atoms with Crippen LogP contribution in [0.5, 0.6) is 0 Å². The molecule has 1 fully saturated rings. The number of rotatable bonds is 6. The minimum Gasteiger partial charge on any atom is -0.388 e. The Bertz CT molecular complexity index is 636. The molecule has 2 aromatic carbocycles. The third kappa shape index (κ3) is 4.55. The zero-order valence-electron chi connectivity index (χ0n) is 14.1. The number of carbonyl (C=O) groups excluding carboxylic acids is 1. The molecule has 1 aliphatic carbocycles. The van der Waals surface area contributed by atoms with Gasteiger partial charge in [-0.15, -0.1) is 0 Å². The van der Waals surface area contributed by atoms with E-state index in [9.17, 15) is 9.90 Å². The molecule has 0 amide bonds. The minimum absolute atomic E-state index is 0.254. The van der Waals surface area contributed by atoms with Crippen molar-refractivity contribution in [1.82, 2.24) is 0 Å². The highest BCUT2D eigenvalue weighted by atomic mass is 16.3. The molecule has 1 aliphatic rings. The van der Waals surface area contributed by atoms with Crippen molar-refractivity contribution >= 4 is 5.78 Å². The number of hydrogen-bond acceptors (Lipinski definition) is 2. The lowest BCUT2D eigenvalue weighted by atomic mass is 9.76. The summed E-state index contributed by atoms with van der Waals surface area (Å²) in [5, 5.41) is 10.5. The van der Waals surface area contributed by atoms with Crippen LogP contribution in [0, 0.1) is 11.8 Å². The number of Topliss-reactive ketones (excluding diaryl/α,β-unsaturated/α-hetero) is 1. The lowest BCUT2D eigenvalue weighted by Gasteiger charge is -2.30. The number of aliphatic hydroxyl groups is 1. The van der Waals surface area contributed by atoms with Crippen molar-refractivity contribution in [2.45, 2.75) is 44.6 Å². The fraction of sp³-hybridized carbons (Fsp3) is 0.409. The second-order valence-corrected chi connectivity index (χ2v) is 7.05. The standard InChI is InChI=1S/C22H26O2/c23-21(19-10-3-1-4-11-19)15-17-8-7-9-18(14-17)16-22(24)20-12-5-2-6-13-20/h1-6,10-13,17-18,21,23H,7-9,14-16H2/t17-,18+,21+/m1/s1. The summed E-state index contributed by atoms with van der Waals surface area (Å²) in [5.41, 5.74) is 1.82. The first-order valence-corrected chi connectivity index (χ1v) is 9.03. The summed E-state index contributed by atoms with van der Waals surface area (Å²) in [6.07, 6.45) is 5.58. The molecule has 126 valence electrons. The molecule has 2 nitrogen and oxygen atoms in total. The van der Waals surface area contributed by atoms with Crippen LogP contribution in [0.25, 0.3) is 0 Å². The largest absolute Gasteiger partial charge is 0.388 e. The summed E-state index contributed by atoms with van der Waals surface area (Å²) in [5.74, 6) is 1.23. The quantitative estimate of drug-likeness (QED) is 0.743. The van der Waals surface area contributed by atoms with Crippen molar-refractivity contribution in [3.05, 3.63) is 71.8 Å². The molecule has 0 spiro atoms. The van der Waals surface area contributed by atoms with Crippen LogP contribution < -0.4 is 0 Å². The molecule has 2 aromatic rings. The topological polar surface area (TPSA) is 37.3 Å². The van der Waals surface area contributed by atoms with Crippen LogP contribution in [0.2, 0.25) is 0 Å². The van der Waals surface area contributed by atoms with Gasteiger partial charge in [-0.25, -0.2) is 0 Å². The van der Waals surface area contributed by atoms with Gasteiger partial charge in [0.25, 0.3) is 0 Å². The van der Waals surface area contributed by atoms with E-state index in [1.54, 1.807) is 0 Å². The summed E-state index contributed by atoms with van der Waals surface area (Å²) >= 11 is 0. The minimum atomic E-state index is -0.389. The number of hydrogen-bond donors (Lipinski definition) is 1. The fourth-order valence-corrected chi connectivity index (χ4v) is 3.93. The first kappa shape index (κ1) is 16.9.